The lowest BCUT2D eigenvalue weighted by molar-refractivity contribution is 0.249. The van der Waals surface area contributed by atoms with E-state index in [0.29, 0.717) is 5.13 Å². The van der Waals surface area contributed by atoms with Gasteiger partial charge in [-0.15, -0.1) is 11.3 Å². The average Bonchev–Trinajstić information content (AvgIpc) is 3.18. The maximum atomic E-state index is 12.1. The second-order valence-electron chi connectivity index (χ2n) is 5.61. The molecule has 0 bridgehead atoms. The Kier molecular flexibility index (Phi) is 5.07. The molecular weight excluding hydrogens is 310 g/mol. The van der Waals surface area contributed by atoms with Gasteiger partial charge in [-0.1, -0.05) is 19.4 Å². The predicted molar refractivity (Wildman–Crippen MR) is 93.1 cm³/mol. The van der Waals surface area contributed by atoms with Crippen LogP contribution in [-0.2, 0) is 6.42 Å². The van der Waals surface area contributed by atoms with Gasteiger partial charge in [-0.3, -0.25) is 5.32 Å². The van der Waals surface area contributed by atoms with E-state index in [4.69, 9.17) is 0 Å². The molecule has 2 amide bonds. The van der Waals surface area contributed by atoms with E-state index in [1.165, 1.54) is 11.3 Å². The topological polar surface area (TPSA) is 70.2 Å². The van der Waals surface area contributed by atoms with Crippen LogP contribution in [0.3, 0.4) is 0 Å². The molecule has 3 rings (SSSR count). The van der Waals surface area contributed by atoms with Gasteiger partial charge in [0.1, 0.15) is 5.82 Å². The average molecular weight is 331 g/mol. The normalized spacial score (nSPS) is 17.3. The van der Waals surface area contributed by atoms with Crippen molar-refractivity contribution in [1.29, 1.82) is 0 Å². The van der Waals surface area contributed by atoms with E-state index in [2.05, 4.69) is 32.4 Å². The van der Waals surface area contributed by atoms with Crippen molar-refractivity contribution in [2.75, 3.05) is 23.3 Å². The lowest BCUT2D eigenvalue weighted by Gasteiger charge is -2.17. The molecule has 6 nitrogen and oxygen atoms in total. The number of urea groups is 1. The SMILES string of the molecule is CCCc1csc(NC(=O)NC2CCN(c3ccccn3)C2)n1. The van der Waals surface area contributed by atoms with Crippen LogP contribution in [0.15, 0.2) is 29.8 Å². The lowest BCUT2D eigenvalue weighted by Crippen LogP contribution is -2.39. The van der Waals surface area contributed by atoms with E-state index in [0.717, 1.165) is 43.9 Å². The zero-order valence-electron chi connectivity index (χ0n) is 13.2. The van der Waals surface area contributed by atoms with E-state index in [-0.39, 0.29) is 12.1 Å². The van der Waals surface area contributed by atoms with Gasteiger partial charge in [-0.05, 0) is 25.0 Å². The Balaban J connectivity index is 1.48. The molecule has 0 aromatic carbocycles. The monoisotopic (exact) mass is 331 g/mol. The van der Waals surface area contributed by atoms with Crippen LogP contribution < -0.4 is 15.5 Å². The first kappa shape index (κ1) is 15.7. The number of pyridine rings is 1. The zero-order chi connectivity index (χ0) is 16.1. The molecule has 1 unspecified atom stereocenters. The first-order valence-corrected chi connectivity index (χ1v) is 8.80. The number of carbonyl (C=O) groups excluding carboxylic acids is 1. The van der Waals surface area contributed by atoms with E-state index >= 15 is 0 Å². The largest absolute Gasteiger partial charge is 0.354 e. The highest BCUT2D eigenvalue weighted by atomic mass is 32.1. The molecule has 23 heavy (non-hydrogen) atoms. The third-order valence-electron chi connectivity index (χ3n) is 3.78. The first-order chi connectivity index (χ1) is 11.2. The van der Waals surface area contributed by atoms with Crippen LogP contribution in [0, 0.1) is 0 Å². The molecule has 3 heterocycles. The number of hydrogen-bond acceptors (Lipinski definition) is 5. The van der Waals surface area contributed by atoms with Crippen LogP contribution in [0.1, 0.15) is 25.5 Å². The van der Waals surface area contributed by atoms with Crippen LogP contribution in [-0.4, -0.2) is 35.1 Å². The van der Waals surface area contributed by atoms with Crippen molar-refractivity contribution >= 4 is 28.3 Å². The number of amides is 2. The molecule has 0 spiro atoms. The quantitative estimate of drug-likeness (QED) is 0.884. The van der Waals surface area contributed by atoms with Crippen LogP contribution >= 0.6 is 11.3 Å². The molecule has 1 aliphatic rings. The van der Waals surface area contributed by atoms with Crippen LogP contribution in [0.4, 0.5) is 15.7 Å². The van der Waals surface area contributed by atoms with Gasteiger partial charge in [0.15, 0.2) is 5.13 Å². The summed E-state index contributed by atoms with van der Waals surface area (Å²) in [4.78, 5) is 23.0. The molecule has 2 N–H and O–H groups in total. The van der Waals surface area contributed by atoms with E-state index in [1.54, 1.807) is 6.20 Å². The number of aromatic nitrogens is 2. The summed E-state index contributed by atoms with van der Waals surface area (Å²) in [6, 6.07) is 5.82. The third-order valence-corrected chi connectivity index (χ3v) is 4.58. The van der Waals surface area contributed by atoms with Crippen molar-refractivity contribution in [1.82, 2.24) is 15.3 Å². The van der Waals surface area contributed by atoms with Gasteiger partial charge < -0.3 is 10.2 Å². The Bertz CT molecular complexity index is 645. The molecule has 122 valence electrons. The molecule has 1 atom stereocenters. The second-order valence-corrected chi connectivity index (χ2v) is 6.47. The number of thiazole rings is 1. The molecule has 1 fully saturated rings. The summed E-state index contributed by atoms with van der Waals surface area (Å²) in [5.41, 5.74) is 1.04. The van der Waals surface area contributed by atoms with Crippen molar-refractivity contribution in [3.8, 4) is 0 Å². The molecule has 0 saturated carbocycles. The van der Waals surface area contributed by atoms with Gasteiger partial charge in [0.05, 0.1) is 5.69 Å². The Hall–Kier alpha value is -2.15. The molecule has 7 heteroatoms. The molecule has 2 aromatic heterocycles. The fraction of sp³-hybridized carbons (Fsp3) is 0.438. The number of hydrogen-bond donors (Lipinski definition) is 2. The highest BCUT2D eigenvalue weighted by Gasteiger charge is 2.24. The molecule has 2 aromatic rings. The Morgan fingerprint density at radius 2 is 2.39 bits per heavy atom. The number of carbonyl (C=O) groups is 1. The second kappa shape index (κ2) is 7.41. The van der Waals surface area contributed by atoms with Crippen molar-refractivity contribution in [2.45, 2.75) is 32.2 Å². The number of rotatable bonds is 5. The minimum atomic E-state index is -0.185. The first-order valence-electron chi connectivity index (χ1n) is 7.92. The van der Waals surface area contributed by atoms with Gasteiger partial charge in [-0.25, -0.2) is 14.8 Å². The van der Waals surface area contributed by atoms with Gasteiger partial charge in [0, 0.05) is 30.7 Å². The fourth-order valence-corrected chi connectivity index (χ4v) is 3.42. The highest BCUT2D eigenvalue weighted by molar-refractivity contribution is 7.13. The Morgan fingerprint density at radius 3 is 3.17 bits per heavy atom. The molecular formula is C16H21N5OS. The number of aryl methyl sites for hydroxylation is 1. The summed E-state index contributed by atoms with van der Waals surface area (Å²) in [5, 5.41) is 8.50. The van der Waals surface area contributed by atoms with Gasteiger partial charge in [0.2, 0.25) is 0 Å². The standard InChI is InChI=1S/C16H21N5OS/c1-2-5-13-11-23-16(19-13)20-15(22)18-12-7-9-21(10-12)14-6-3-4-8-17-14/h3-4,6,8,11-12H,2,5,7,9-10H2,1H3,(H2,18,19,20,22). The number of anilines is 2. The summed E-state index contributed by atoms with van der Waals surface area (Å²) in [6.07, 6.45) is 4.71. The minimum Gasteiger partial charge on any atom is -0.354 e. The Labute approximate surface area is 140 Å². The van der Waals surface area contributed by atoms with Crippen molar-refractivity contribution in [3.63, 3.8) is 0 Å². The molecule has 0 aliphatic carbocycles. The molecule has 1 aliphatic heterocycles. The fourth-order valence-electron chi connectivity index (χ4n) is 2.68. The van der Waals surface area contributed by atoms with Crippen LogP contribution in [0.25, 0.3) is 0 Å². The van der Waals surface area contributed by atoms with Gasteiger partial charge in [-0.2, -0.15) is 0 Å². The van der Waals surface area contributed by atoms with Crippen molar-refractivity contribution in [2.24, 2.45) is 0 Å². The summed E-state index contributed by atoms with van der Waals surface area (Å²) >= 11 is 1.47. The zero-order valence-corrected chi connectivity index (χ0v) is 14.0. The highest BCUT2D eigenvalue weighted by Crippen LogP contribution is 2.18. The van der Waals surface area contributed by atoms with Crippen molar-refractivity contribution < 1.29 is 4.79 Å². The van der Waals surface area contributed by atoms with E-state index < -0.39 is 0 Å². The van der Waals surface area contributed by atoms with Crippen LogP contribution in [0.2, 0.25) is 0 Å². The van der Waals surface area contributed by atoms with E-state index in [9.17, 15) is 4.79 Å². The maximum Gasteiger partial charge on any atom is 0.321 e. The molecule has 1 saturated heterocycles. The van der Waals surface area contributed by atoms with Gasteiger partial charge in [0.25, 0.3) is 0 Å². The number of nitrogens with one attached hydrogen (secondary N) is 2. The van der Waals surface area contributed by atoms with E-state index in [1.807, 2.05) is 23.6 Å². The van der Waals surface area contributed by atoms with Crippen LogP contribution in [0.5, 0.6) is 0 Å². The smallest absolute Gasteiger partial charge is 0.321 e. The number of nitrogens with zero attached hydrogens (tertiary/aromatic N) is 3. The summed E-state index contributed by atoms with van der Waals surface area (Å²) in [5.74, 6) is 0.960. The minimum absolute atomic E-state index is 0.132. The summed E-state index contributed by atoms with van der Waals surface area (Å²) in [7, 11) is 0. The summed E-state index contributed by atoms with van der Waals surface area (Å²) < 4.78 is 0. The van der Waals surface area contributed by atoms with Crippen molar-refractivity contribution in [3.05, 3.63) is 35.5 Å². The lowest BCUT2D eigenvalue weighted by atomic mass is 10.3. The predicted octanol–water partition coefficient (Wildman–Crippen LogP) is 2.89. The summed E-state index contributed by atoms with van der Waals surface area (Å²) in [6.45, 7) is 3.80. The third kappa shape index (κ3) is 4.19. The Morgan fingerprint density at radius 1 is 1.48 bits per heavy atom. The molecule has 0 radical (unpaired) electrons. The van der Waals surface area contributed by atoms with Gasteiger partial charge >= 0.3 is 6.03 Å². The maximum absolute atomic E-state index is 12.1.